The lowest BCUT2D eigenvalue weighted by Crippen LogP contribution is -2.21. The van der Waals surface area contributed by atoms with Gasteiger partial charge in [-0.25, -0.2) is 4.98 Å². The molecule has 17 heavy (non-hydrogen) atoms. The van der Waals surface area contributed by atoms with Gasteiger partial charge in [0.15, 0.2) is 5.13 Å². The molecule has 0 aliphatic rings. The Hall–Kier alpha value is -0.800. The van der Waals surface area contributed by atoms with Crippen molar-refractivity contribution in [2.75, 3.05) is 11.9 Å². The Kier molecular flexibility index (Phi) is 3.59. The lowest BCUT2D eigenvalue weighted by molar-refractivity contribution is 0.377. The highest BCUT2D eigenvalue weighted by Gasteiger charge is 2.15. The van der Waals surface area contributed by atoms with Gasteiger partial charge in [0.05, 0.1) is 10.2 Å². The molecule has 1 N–H and O–H groups in total. The molecule has 2 nitrogen and oxygen atoms in total. The van der Waals surface area contributed by atoms with Crippen LogP contribution in [0.3, 0.4) is 0 Å². The van der Waals surface area contributed by atoms with Crippen LogP contribution >= 0.6 is 22.9 Å². The Labute approximate surface area is 111 Å². The van der Waals surface area contributed by atoms with E-state index in [0.29, 0.717) is 5.41 Å². The van der Waals surface area contributed by atoms with E-state index in [1.807, 2.05) is 18.2 Å². The second-order valence-corrected chi connectivity index (χ2v) is 6.47. The lowest BCUT2D eigenvalue weighted by atomic mass is 9.90. The summed E-state index contributed by atoms with van der Waals surface area (Å²) in [5, 5.41) is 5.12. The highest BCUT2D eigenvalue weighted by Crippen LogP contribution is 2.29. The first kappa shape index (κ1) is 12.7. The second kappa shape index (κ2) is 4.83. The van der Waals surface area contributed by atoms with Gasteiger partial charge in [-0.15, -0.1) is 0 Å². The van der Waals surface area contributed by atoms with Crippen LogP contribution in [0.15, 0.2) is 18.2 Å². The van der Waals surface area contributed by atoms with E-state index in [1.54, 1.807) is 11.3 Å². The third-order valence-electron chi connectivity index (χ3n) is 3.02. The normalized spacial score (nSPS) is 12.0. The van der Waals surface area contributed by atoms with Crippen LogP contribution in [-0.2, 0) is 0 Å². The molecule has 0 aliphatic carbocycles. The number of halogens is 1. The molecule has 0 spiro atoms. The van der Waals surface area contributed by atoms with Crippen molar-refractivity contribution < 1.29 is 0 Å². The molecule has 0 radical (unpaired) electrons. The van der Waals surface area contributed by atoms with Crippen LogP contribution in [0.2, 0.25) is 5.02 Å². The molecule has 4 heteroatoms. The maximum absolute atomic E-state index is 5.94. The average molecular weight is 269 g/mol. The van der Waals surface area contributed by atoms with Crippen molar-refractivity contribution >= 4 is 38.3 Å². The van der Waals surface area contributed by atoms with E-state index in [-0.39, 0.29) is 0 Å². The quantitative estimate of drug-likeness (QED) is 0.862. The SMILES string of the molecule is CCC(C)(C)CNc1nc2cc(Cl)ccc2s1. The number of hydrogen-bond acceptors (Lipinski definition) is 3. The third kappa shape index (κ3) is 3.11. The monoisotopic (exact) mass is 268 g/mol. The minimum absolute atomic E-state index is 0.301. The molecule has 2 aromatic rings. The van der Waals surface area contributed by atoms with Gasteiger partial charge in [0.1, 0.15) is 0 Å². The largest absolute Gasteiger partial charge is 0.361 e. The molecule has 92 valence electrons. The number of benzene rings is 1. The molecule has 2 rings (SSSR count). The van der Waals surface area contributed by atoms with E-state index in [4.69, 9.17) is 11.6 Å². The van der Waals surface area contributed by atoms with E-state index in [2.05, 4.69) is 31.1 Å². The number of fused-ring (bicyclic) bond motifs is 1. The maximum atomic E-state index is 5.94. The van der Waals surface area contributed by atoms with Gasteiger partial charge in [-0.05, 0) is 30.0 Å². The Morgan fingerprint density at radius 1 is 1.41 bits per heavy atom. The number of nitrogens with one attached hydrogen (secondary N) is 1. The van der Waals surface area contributed by atoms with Crippen molar-refractivity contribution in [1.29, 1.82) is 0 Å². The van der Waals surface area contributed by atoms with E-state index in [0.717, 1.165) is 28.6 Å². The van der Waals surface area contributed by atoms with Gasteiger partial charge in [-0.3, -0.25) is 0 Å². The summed E-state index contributed by atoms with van der Waals surface area (Å²) in [5.74, 6) is 0. The highest BCUT2D eigenvalue weighted by atomic mass is 35.5. The molecule has 1 aromatic heterocycles. The molecule has 0 saturated heterocycles. The predicted molar refractivity (Wildman–Crippen MR) is 77.2 cm³/mol. The summed E-state index contributed by atoms with van der Waals surface area (Å²) in [6, 6.07) is 5.83. The van der Waals surface area contributed by atoms with E-state index in [1.165, 1.54) is 4.70 Å². The molecule has 0 unspecified atom stereocenters. The van der Waals surface area contributed by atoms with E-state index in [9.17, 15) is 0 Å². The Morgan fingerprint density at radius 2 is 2.18 bits per heavy atom. The first-order valence-electron chi connectivity index (χ1n) is 5.80. The smallest absolute Gasteiger partial charge is 0.183 e. The number of hydrogen-bond donors (Lipinski definition) is 1. The zero-order valence-electron chi connectivity index (χ0n) is 10.4. The Bertz CT molecular complexity index is 519. The molecule has 0 atom stereocenters. The van der Waals surface area contributed by atoms with Crippen LogP contribution in [0.4, 0.5) is 5.13 Å². The van der Waals surface area contributed by atoms with Crippen LogP contribution in [0, 0.1) is 5.41 Å². The van der Waals surface area contributed by atoms with Crippen LogP contribution in [0.25, 0.3) is 10.2 Å². The number of thiazole rings is 1. The fourth-order valence-electron chi connectivity index (χ4n) is 1.42. The molecular weight excluding hydrogens is 252 g/mol. The van der Waals surface area contributed by atoms with Gasteiger partial charge in [0.2, 0.25) is 0 Å². The van der Waals surface area contributed by atoms with Crippen LogP contribution < -0.4 is 5.32 Å². The van der Waals surface area contributed by atoms with Crippen molar-refractivity contribution in [3.8, 4) is 0 Å². The topological polar surface area (TPSA) is 24.9 Å². The first-order chi connectivity index (χ1) is 8.00. The highest BCUT2D eigenvalue weighted by molar-refractivity contribution is 7.22. The van der Waals surface area contributed by atoms with Crippen molar-refractivity contribution in [3.63, 3.8) is 0 Å². The van der Waals surface area contributed by atoms with Gasteiger partial charge in [-0.1, -0.05) is 43.7 Å². The molecular formula is C13H17ClN2S. The summed E-state index contributed by atoms with van der Waals surface area (Å²) >= 11 is 7.62. The van der Waals surface area contributed by atoms with Gasteiger partial charge in [-0.2, -0.15) is 0 Å². The van der Waals surface area contributed by atoms with Gasteiger partial charge >= 0.3 is 0 Å². The molecule has 0 aliphatic heterocycles. The fourth-order valence-corrected chi connectivity index (χ4v) is 2.42. The predicted octanol–water partition coefficient (Wildman–Crippen LogP) is 4.80. The number of anilines is 1. The standard InChI is InChI=1S/C13H17ClN2S/c1-4-13(2,3)8-15-12-16-10-7-9(14)5-6-11(10)17-12/h5-7H,4,8H2,1-3H3,(H,15,16). The van der Waals surface area contributed by atoms with Crippen LogP contribution in [0.1, 0.15) is 27.2 Å². The summed E-state index contributed by atoms with van der Waals surface area (Å²) in [6.45, 7) is 7.66. The van der Waals surface area contributed by atoms with Crippen LogP contribution in [-0.4, -0.2) is 11.5 Å². The molecule has 0 saturated carbocycles. The molecule has 0 fully saturated rings. The molecule has 0 amide bonds. The minimum atomic E-state index is 0.301. The zero-order chi connectivity index (χ0) is 12.5. The lowest BCUT2D eigenvalue weighted by Gasteiger charge is -2.22. The van der Waals surface area contributed by atoms with E-state index >= 15 is 0 Å². The zero-order valence-corrected chi connectivity index (χ0v) is 12.0. The van der Waals surface area contributed by atoms with Gasteiger partial charge in [0, 0.05) is 11.6 Å². The second-order valence-electron chi connectivity index (χ2n) is 5.00. The third-order valence-corrected chi connectivity index (χ3v) is 4.25. The van der Waals surface area contributed by atoms with Crippen molar-refractivity contribution in [3.05, 3.63) is 23.2 Å². The fraction of sp³-hybridized carbons (Fsp3) is 0.462. The van der Waals surface area contributed by atoms with E-state index < -0.39 is 0 Å². The van der Waals surface area contributed by atoms with Gasteiger partial charge < -0.3 is 5.32 Å². The summed E-state index contributed by atoms with van der Waals surface area (Å²) in [4.78, 5) is 4.53. The summed E-state index contributed by atoms with van der Waals surface area (Å²) in [6.07, 6.45) is 1.15. The maximum Gasteiger partial charge on any atom is 0.183 e. The summed E-state index contributed by atoms with van der Waals surface area (Å²) in [7, 11) is 0. The van der Waals surface area contributed by atoms with Crippen molar-refractivity contribution in [2.24, 2.45) is 5.41 Å². The molecule has 1 heterocycles. The van der Waals surface area contributed by atoms with Crippen LogP contribution in [0.5, 0.6) is 0 Å². The number of nitrogens with zero attached hydrogens (tertiary/aromatic N) is 1. The molecule has 1 aromatic carbocycles. The summed E-state index contributed by atoms with van der Waals surface area (Å²) in [5.41, 5.74) is 1.27. The van der Waals surface area contributed by atoms with Crippen molar-refractivity contribution in [2.45, 2.75) is 27.2 Å². The number of aromatic nitrogens is 1. The number of rotatable bonds is 4. The van der Waals surface area contributed by atoms with Crippen molar-refractivity contribution in [1.82, 2.24) is 4.98 Å². The minimum Gasteiger partial charge on any atom is -0.361 e. The Balaban J connectivity index is 2.15. The average Bonchev–Trinajstić information content (AvgIpc) is 2.68. The van der Waals surface area contributed by atoms with Gasteiger partial charge in [0.25, 0.3) is 0 Å². The Morgan fingerprint density at radius 3 is 2.88 bits per heavy atom. The summed E-state index contributed by atoms with van der Waals surface area (Å²) < 4.78 is 1.17. The molecule has 0 bridgehead atoms. The first-order valence-corrected chi connectivity index (χ1v) is 6.99.